The van der Waals surface area contributed by atoms with Gasteiger partial charge < -0.3 is 4.42 Å². The summed E-state index contributed by atoms with van der Waals surface area (Å²) >= 11 is 1.10. The maximum absolute atomic E-state index is 14.2. The van der Waals surface area contributed by atoms with Crippen molar-refractivity contribution in [2.24, 2.45) is 0 Å². The van der Waals surface area contributed by atoms with Gasteiger partial charge >= 0.3 is 0 Å². The molecule has 0 unspecified atom stereocenters. The van der Waals surface area contributed by atoms with Crippen LogP contribution in [-0.2, 0) is 0 Å². The van der Waals surface area contributed by atoms with Crippen molar-refractivity contribution in [3.8, 4) is 0 Å². The topological polar surface area (TPSA) is 13.1 Å². The molecule has 0 aromatic carbocycles. The molecular formula is C36H52F4OS. The van der Waals surface area contributed by atoms with Crippen LogP contribution >= 0.6 is 11.3 Å². The molecule has 2 rings (SSSR count). The predicted octanol–water partition coefficient (Wildman–Crippen LogP) is 15.0. The van der Waals surface area contributed by atoms with Crippen LogP contribution in [0.25, 0.3) is 47.6 Å². The molecule has 0 amide bonds. The summed E-state index contributed by atoms with van der Waals surface area (Å²) in [5.41, 5.74) is 4.07. The first-order valence-electron chi connectivity index (χ1n) is 11.9. The summed E-state index contributed by atoms with van der Waals surface area (Å²) in [6.45, 7) is 27.9. The molecule has 42 heavy (non-hydrogen) atoms. The normalized spacial score (nSPS) is 9.05. The summed E-state index contributed by atoms with van der Waals surface area (Å²) in [6, 6.07) is 0. The molecule has 2 aromatic heterocycles. The number of rotatable bonds is 8. The first-order chi connectivity index (χ1) is 17.7. The summed E-state index contributed by atoms with van der Waals surface area (Å²) in [6.07, 6.45) is 5.99. The van der Waals surface area contributed by atoms with Crippen LogP contribution in [0.3, 0.4) is 0 Å². The third-order valence-electron chi connectivity index (χ3n) is 5.34. The van der Waals surface area contributed by atoms with Gasteiger partial charge in [-0.1, -0.05) is 80.3 Å². The third kappa shape index (κ3) is 9.87. The van der Waals surface area contributed by atoms with Crippen LogP contribution in [0.4, 0.5) is 17.6 Å². The van der Waals surface area contributed by atoms with Crippen molar-refractivity contribution in [1.82, 2.24) is 0 Å². The lowest BCUT2D eigenvalue weighted by molar-refractivity contribution is 0.500. The average molecular weight is 609 g/mol. The molecule has 0 aliphatic heterocycles. The highest BCUT2D eigenvalue weighted by atomic mass is 32.1. The van der Waals surface area contributed by atoms with Crippen LogP contribution < -0.4 is 0 Å². The van der Waals surface area contributed by atoms with Gasteiger partial charge in [-0.25, -0.2) is 17.6 Å². The van der Waals surface area contributed by atoms with Crippen molar-refractivity contribution in [2.45, 2.75) is 85.1 Å². The second-order valence-electron chi connectivity index (χ2n) is 9.25. The largest absolute Gasteiger partial charge is 0.450 e. The van der Waals surface area contributed by atoms with E-state index in [-0.39, 0.29) is 52.9 Å². The Morgan fingerprint density at radius 3 is 0.905 bits per heavy atom. The lowest BCUT2D eigenvalue weighted by atomic mass is 10.1. The molecule has 236 valence electrons. The molecule has 0 fully saturated rings. The van der Waals surface area contributed by atoms with Gasteiger partial charge in [-0.2, -0.15) is 0 Å². The van der Waals surface area contributed by atoms with Crippen LogP contribution in [-0.4, -0.2) is 0 Å². The van der Waals surface area contributed by atoms with Gasteiger partial charge in [0.2, 0.25) is 0 Å². The maximum atomic E-state index is 14.2. The van der Waals surface area contributed by atoms with Crippen LogP contribution in [0.2, 0.25) is 0 Å². The Bertz CT molecular complexity index is 1160. The summed E-state index contributed by atoms with van der Waals surface area (Å²) < 4.78 is 61.8. The Balaban J connectivity index is -0.000000314. The number of furan rings is 1. The fourth-order valence-electron chi connectivity index (χ4n) is 3.28. The zero-order chi connectivity index (χ0) is 29.5. The van der Waals surface area contributed by atoms with Gasteiger partial charge in [-0.15, -0.1) is 11.3 Å². The first-order valence-corrected chi connectivity index (χ1v) is 12.7. The van der Waals surface area contributed by atoms with Gasteiger partial charge in [0.15, 0.2) is 23.2 Å². The minimum Gasteiger partial charge on any atom is -0.450 e. The van der Waals surface area contributed by atoms with Gasteiger partial charge in [-0.3, -0.25) is 0 Å². The average Bonchev–Trinajstić information content (AvgIpc) is 3.44. The Kier molecular flexibility index (Phi) is 21.4. The molecule has 0 atom stereocenters. The summed E-state index contributed by atoms with van der Waals surface area (Å²) in [7, 11) is 0. The van der Waals surface area contributed by atoms with E-state index in [1.54, 1.807) is 67.5 Å². The number of hydrogen-bond donors (Lipinski definition) is 0. The molecule has 6 heteroatoms. The van der Waals surface area contributed by atoms with Gasteiger partial charge in [0, 0.05) is 22.3 Å². The van der Waals surface area contributed by atoms with Crippen LogP contribution in [0.1, 0.15) is 129 Å². The van der Waals surface area contributed by atoms with Crippen LogP contribution in [0.5, 0.6) is 0 Å². The van der Waals surface area contributed by atoms with E-state index in [0.717, 1.165) is 11.3 Å². The van der Waals surface area contributed by atoms with E-state index in [2.05, 4.69) is 26.3 Å². The monoisotopic (exact) mass is 608 g/mol. The standard InChI is InChI=1S/C16H18F2O.C16H18F2S.4CH4/c2*1-7-11-12(8-2)16(14(18)10(5)6)19-15(11)13(17)9(3)4;;;;/h2*7-8H,1-2H2,3-6H3;4*1H4. The second kappa shape index (κ2) is 19.7. The highest BCUT2D eigenvalue weighted by Gasteiger charge is 2.23. The zero-order valence-corrected chi connectivity index (χ0v) is 24.3. The van der Waals surface area contributed by atoms with Crippen molar-refractivity contribution < 1.29 is 22.0 Å². The summed E-state index contributed by atoms with van der Waals surface area (Å²) in [5.74, 6) is -1.67. The van der Waals surface area contributed by atoms with E-state index in [0.29, 0.717) is 54.3 Å². The van der Waals surface area contributed by atoms with E-state index in [1.807, 2.05) is 0 Å². The van der Waals surface area contributed by atoms with E-state index in [4.69, 9.17) is 4.42 Å². The van der Waals surface area contributed by atoms with Crippen LogP contribution in [0.15, 0.2) is 53.0 Å². The lowest BCUT2D eigenvalue weighted by Gasteiger charge is -2.00. The molecule has 2 heterocycles. The molecule has 0 N–H and O–H groups in total. The highest BCUT2D eigenvalue weighted by Crippen LogP contribution is 2.41. The van der Waals surface area contributed by atoms with E-state index in [1.165, 1.54) is 12.2 Å². The molecule has 0 saturated heterocycles. The van der Waals surface area contributed by atoms with Crippen molar-refractivity contribution in [2.75, 3.05) is 0 Å². The molecule has 0 aliphatic carbocycles. The number of hydrogen-bond acceptors (Lipinski definition) is 2. The van der Waals surface area contributed by atoms with E-state index >= 15 is 0 Å². The summed E-state index contributed by atoms with van der Waals surface area (Å²) in [5, 5.41) is 0. The molecule has 0 aliphatic rings. The molecule has 0 bridgehead atoms. The molecular weight excluding hydrogens is 556 g/mol. The Hall–Kier alpha value is -3.38. The Labute approximate surface area is 257 Å². The first kappa shape index (κ1) is 45.6. The van der Waals surface area contributed by atoms with Crippen molar-refractivity contribution in [3.05, 3.63) is 92.1 Å². The Morgan fingerprint density at radius 1 is 0.476 bits per heavy atom. The highest BCUT2D eigenvalue weighted by molar-refractivity contribution is 7.14. The van der Waals surface area contributed by atoms with Crippen molar-refractivity contribution in [1.29, 1.82) is 0 Å². The van der Waals surface area contributed by atoms with Gasteiger partial charge in [0.25, 0.3) is 0 Å². The number of halogens is 4. The smallest absolute Gasteiger partial charge is 0.171 e. The third-order valence-corrected chi connectivity index (χ3v) is 6.54. The van der Waals surface area contributed by atoms with Gasteiger partial charge in [-0.05, 0) is 77.7 Å². The number of thiophene rings is 1. The van der Waals surface area contributed by atoms with Crippen molar-refractivity contribution in [3.63, 3.8) is 0 Å². The van der Waals surface area contributed by atoms with Gasteiger partial charge in [0.1, 0.15) is 11.7 Å². The molecule has 0 spiro atoms. The molecule has 1 nitrogen and oxygen atoms in total. The molecule has 0 saturated carbocycles. The zero-order valence-electron chi connectivity index (χ0n) is 23.5. The van der Waals surface area contributed by atoms with Gasteiger partial charge in [0.05, 0.1) is 9.75 Å². The number of allylic oxidation sites excluding steroid dienone is 4. The quantitative estimate of drug-likeness (QED) is 0.272. The van der Waals surface area contributed by atoms with Crippen LogP contribution in [0, 0.1) is 0 Å². The SMILES string of the molecule is C.C.C.C.C=Cc1c(C(F)=C(C)C)oc(C(F)=C(C)C)c1C=C.C=Cc1c(C(F)=C(C)C)sc(C(F)=C(C)C)c1C=C. The summed E-state index contributed by atoms with van der Waals surface area (Å²) in [4.78, 5) is 0.826. The van der Waals surface area contributed by atoms with E-state index in [9.17, 15) is 17.6 Å². The van der Waals surface area contributed by atoms with Crippen molar-refractivity contribution >= 4 is 58.9 Å². The Morgan fingerprint density at radius 2 is 0.714 bits per heavy atom. The minimum atomic E-state index is -0.509. The minimum absolute atomic E-state index is 0. The fourth-order valence-corrected chi connectivity index (χ4v) is 4.68. The lowest BCUT2D eigenvalue weighted by Crippen LogP contribution is -1.83. The molecule has 0 radical (unpaired) electrons. The maximum Gasteiger partial charge on any atom is 0.171 e. The fraction of sp³-hybridized carbons (Fsp3) is 0.333. The molecule has 2 aromatic rings. The van der Waals surface area contributed by atoms with E-state index < -0.39 is 11.7 Å². The second-order valence-corrected chi connectivity index (χ2v) is 10.3. The predicted molar refractivity (Wildman–Crippen MR) is 188 cm³/mol.